The highest BCUT2D eigenvalue weighted by Gasteiger charge is 2.48. The Bertz CT molecular complexity index is 173. The zero-order valence-corrected chi connectivity index (χ0v) is 7.32. The fourth-order valence-corrected chi connectivity index (χ4v) is 1.92. The molecule has 0 spiro atoms. The van der Waals surface area contributed by atoms with Gasteiger partial charge in [-0.3, -0.25) is 10.1 Å². The topological polar surface area (TPSA) is 63.4 Å². The molecule has 0 amide bonds. The van der Waals surface area contributed by atoms with Crippen LogP contribution in [0.5, 0.6) is 0 Å². The number of aliphatic hydroxyl groups is 1. The highest BCUT2D eigenvalue weighted by Crippen LogP contribution is 2.33. The van der Waals surface area contributed by atoms with E-state index in [0.717, 1.165) is 19.3 Å². The van der Waals surface area contributed by atoms with E-state index >= 15 is 0 Å². The Kier molecular flexibility index (Phi) is 2.67. The molecular formula is C8H15NO3. The predicted molar refractivity (Wildman–Crippen MR) is 44.5 cm³/mol. The molecule has 0 aromatic carbocycles. The number of rotatable bonds is 2. The van der Waals surface area contributed by atoms with Gasteiger partial charge in [-0.2, -0.15) is 0 Å². The summed E-state index contributed by atoms with van der Waals surface area (Å²) in [5.41, 5.74) is -1.04. The van der Waals surface area contributed by atoms with Gasteiger partial charge in [-0.05, 0) is 19.8 Å². The minimum absolute atomic E-state index is 0.295. The Morgan fingerprint density at radius 1 is 1.42 bits per heavy atom. The Balaban J connectivity index is 2.77. The van der Waals surface area contributed by atoms with Gasteiger partial charge < -0.3 is 5.11 Å². The van der Waals surface area contributed by atoms with E-state index in [4.69, 9.17) is 0 Å². The molecule has 1 aliphatic rings. The summed E-state index contributed by atoms with van der Waals surface area (Å²) in [4.78, 5) is 10.5. The van der Waals surface area contributed by atoms with Crippen molar-refractivity contribution in [2.45, 2.75) is 50.7 Å². The van der Waals surface area contributed by atoms with E-state index in [1.807, 2.05) is 0 Å². The van der Waals surface area contributed by atoms with E-state index in [-0.39, 0.29) is 4.92 Å². The summed E-state index contributed by atoms with van der Waals surface area (Å²) < 4.78 is 0. The second-order valence-electron chi connectivity index (χ2n) is 3.60. The lowest BCUT2D eigenvalue weighted by molar-refractivity contribution is -0.587. The van der Waals surface area contributed by atoms with E-state index in [1.165, 1.54) is 6.92 Å². The van der Waals surface area contributed by atoms with Crippen molar-refractivity contribution < 1.29 is 10.0 Å². The van der Waals surface area contributed by atoms with Crippen LogP contribution in [0.4, 0.5) is 0 Å². The van der Waals surface area contributed by atoms with Crippen LogP contribution in [0.1, 0.15) is 39.0 Å². The molecule has 1 rings (SSSR count). The van der Waals surface area contributed by atoms with Gasteiger partial charge >= 0.3 is 0 Å². The van der Waals surface area contributed by atoms with Crippen LogP contribution in [0, 0.1) is 10.1 Å². The molecule has 0 bridgehead atoms. The molecule has 0 unspecified atom stereocenters. The lowest BCUT2D eigenvalue weighted by atomic mass is 9.79. The van der Waals surface area contributed by atoms with Gasteiger partial charge in [0.2, 0.25) is 5.54 Å². The number of hydrogen-bond acceptors (Lipinski definition) is 3. The second-order valence-corrected chi connectivity index (χ2v) is 3.60. The van der Waals surface area contributed by atoms with Gasteiger partial charge in [0.1, 0.15) is 6.10 Å². The van der Waals surface area contributed by atoms with Crippen molar-refractivity contribution in [1.29, 1.82) is 0 Å². The molecule has 0 aliphatic heterocycles. The molecule has 0 aromatic heterocycles. The lowest BCUT2D eigenvalue weighted by Gasteiger charge is -2.31. The molecule has 12 heavy (non-hydrogen) atoms. The van der Waals surface area contributed by atoms with E-state index in [2.05, 4.69) is 0 Å². The summed E-state index contributed by atoms with van der Waals surface area (Å²) in [6.45, 7) is 1.52. The first-order valence-electron chi connectivity index (χ1n) is 4.42. The summed E-state index contributed by atoms with van der Waals surface area (Å²) in [5.74, 6) is 0. The van der Waals surface area contributed by atoms with Gasteiger partial charge in [0.25, 0.3) is 0 Å². The SMILES string of the molecule is C[C@H](O)C1([N+](=O)[O-])CCCCC1. The summed E-state index contributed by atoms with van der Waals surface area (Å²) in [6, 6.07) is 0. The highest BCUT2D eigenvalue weighted by molar-refractivity contribution is 4.87. The normalized spacial score (nSPS) is 24.8. The van der Waals surface area contributed by atoms with Gasteiger partial charge in [0, 0.05) is 17.8 Å². The first-order chi connectivity index (χ1) is 5.59. The molecule has 70 valence electrons. The zero-order chi connectivity index (χ0) is 9.19. The van der Waals surface area contributed by atoms with Crippen LogP contribution in [-0.4, -0.2) is 21.7 Å². The summed E-state index contributed by atoms with van der Waals surface area (Å²) in [5, 5.41) is 20.1. The van der Waals surface area contributed by atoms with Gasteiger partial charge in [0.05, 0.1) is 0 Å². The van der Waals surface area contributed by atoms with Gasteiger partial charge in [0.15, 0.2) is 0 Å². The minimum atomic E-state index is -1.04. The van der Waals surface area contributed by atoms with Crippen LogP contribution in [0.25, 0.3) is 0 Å². The number of hydrogen-bond donors (Lipinski definition) is 1. The van der Waals surface area contributed by atoms with E-state index in [1.54, 1.807) is 0 Å². The van der Waals surface area contributed by atoms with E-state index in [9.17, 15) is 15.2 Å². The fourth-order valence-electron chi connectivity index (χ4n) is 1.92. The molecule has 0 heterocycles. The third kappa shape index (κ3) is 1.43. The van der Waals surface area contributed by atoms with Crippen molar-refractivity contribution in [2.24, 2.45) is 0 Å². The Morgan fingerprint density at radius 3 is 2.17 bits per heavy atom. The maximum Gasteiger partial charge on any atom is 0.247 e. The Labute approximate surface area is 71.7 Å². The van der Waals surface area contributed by atoms with Crippen molar-refractivity contribution in [3.05, 3.63) is 10.1 Å². The molecule has 4 nitrogen and oxygen atoms in total. The van der Waals surface area contributed by atoms with Gasteiger partial charge in [-0.1, -0.05) is 6.42 Å². The number of nitrogens with zero attached hydrogens (tertiary/aromatic N) is 1. The van der Waals surface area contributed by atoms with E-state index in [0.29, 0.717) is 12.8 Å². The first-order valence-corrected chi connectivity index (χ1v) is 4.42. The van der Waals surface area contributed by atoms with E-state index < -0.39 is 11.6 Å². The van der Waals surface area contributed by atoms with Gasteiger partial charge in [-0.25, -0.2) is 0 Å². The van der Waals surface area contributed by atoms with Crippen molar-refractivity contribution >= 4 is 0 Å². The average molecular weight is 173 g/mol. The van der Waals surface area contributed by atoms with Crippen molar-refractivity contribution in [1.82, 2.24) is 0 Å². The van der Waals surface area contributed by atoms with Crippen LogP contribution < -0.4 is 0 Å². The summed E-state index contributed by atoms with van der Waals surface area (Å²) >= 11 is 0. The standard InChI is InChI=1S/C8H15NO3/c1-7(10)8(9(11)12)5-3-2-4-6-8/h7,10H,2-6H2,1H3/t7-/m0/s1. The predicted octanol–water partition coefficient (Wildman–Crippen LogP) is 1.35. The molecule has 0 radical (unpaired) electrons. The molecule has 1 atom stereocenters. The Morgan fingerprint density at radius 2 is 1.92 bits per heavy atom. The van der Waals surface area contributed by atoms with Crippen LogP contribution >= 0.6 is 0 Å². The first kappa shape index (κ1) is 9.45. The number of aliphatic hydroxyl groups excluding tert-OH is 1. The Hall–Kier alpha value is -0.640. The van der Waals surface area contributed by atoms with Crippen LogP contribution in [0.3, 0.4) is 0 Å². The molecule has 1 N–H and O–H groups in total. The quantitative estimate of drug-likeness (QED) is 0.506. The van der Waals surface area contributed by atoms with Crippen molar-refractivity contribution in [2.75, 3.05) is 0 Å². The summed E-state index contributed by atoms with van der Waals surface area (Å²) in [7, 11) is 0. The molecule has 4 heteroatoms. The highest BCUT2D eigenvalue weighted by atomic mass is 16.6. The van der Waals surface area contributed by atoms with Gasteiger partial charge in [-0.15, -0.1) is 0 Å². The fraction of sp³-hybridized carbons (Fsp3) is 1.00. The lowest BCUT2D eigenvalue weighted by Crippen LogP contribution is -2.49. The zero-order valence-electron chi connectivity index (χ0n) is 7.32. The third-order valence-electron chi connectivity index (χ3n) is 2.86. The second kappa shape index (κ2) is 3.39. The molecule has 0 aromatic rings. The smallest absolute Gasteiger partial charge is 0.247 e. The summed E-state index contributed by atoms with van der Waals surface area (Å²) in [6.07, 6.45) is 3.02. The maximum atomic E-state index is 10.8. The van der Waals surface area contributed by atoms with Crippen molar-refractivity contribution in [3.8, 4) is 0 Å². The minimum Gasteiger partial charge on any atom is -0.386 e. The largest absolute Gasteiger partial charge is 0.386 e. The number of nitro groups is 1. The molecule has 0 saturated heterocycles. The monoisotopic (exact) mass is 173 g/mol. The van der Waals surface area contributed by atoms with Crippen molar-refractivity contribution in [3.63, 3.8) is 0 Å². The molecule has 1 aliphatic carbocycles. The molecular weight excluding hydrogens is 158 g/mol. The molecule has 1 saturated carbocycles. The van der Waals surface area contributed by atoms with Crippen LogP contribution in [-0.2, 0) is 0 Å². The van der Waals surface area contributed by atoms with Crippen LogP contribution in [0.2, 0.25) is 0 Å². The molecule has 1 fully saturated rings. The average Bonchev–Trinajstić information content (AvgIpc) is 2.05. The maximum absolute atomic E-state index is 10.8. The van der Waals surface area contributed by atoms with Crippen LogP contribution in [0.15, 0.2) is 0 Å². The third-order valence-corrected chi connectivity index (χ3v) is 2.86.